The molecule has 0 aliphatic carbocycles. The van der Waals surface area contributed by atoms with E-state index in [0.717, 1.165) is 20.8 Å². The molecule has 2 heterocycles. The van der Waals surface area contributed by atoms with Gasteiger partial charge in [-0.25, -0.2) is 9.97 Å². The molecule has 2 amide bonds. The number of nitrogens with one attached hydrogen (secondary N) is 2. The highest BCUT2D eigenvalue weighted by Crippen LogP contribution is 2.29. The number of rotatable bonds is 6. The monoisotopic (exact) mass is 464 g/mol. The first-order valence-electron chi connectivity index (χ1n) is 10.1. The van der Waals surface area contributed by atoms with E-state index in [0.29, 0.717) is 16.4 Å². The lowest BCUT2D eigenvalue weighted by Gasteiger charge is -2.21. The number of fused-ring (bicyclic) bond motifs is 1. The summed E-state index contributed by atoms with van der Waals surface area (Å²) in [5.74, 6) is -0.481. The summed E-state index contributed by atoms with van der Waals surface area (Å²) in [6.07, 6.45) is 1.68. The molecule has 0 saturated carbocycles. The molecular weight excluding hydrogens is 444 g/mol. The first kappa shape index (κ1) is 21.9. The van der Waals surface area contributed by atoms with E-state index in [-0.39, 0.29) is 11.8 Å². The Bertz CT molecular complexity index is 1240. The molecule has 0 aliphatic heterocycles. The molecule has 32 heavy (non-hydrogen) atoms. The molecule has 0 fully saturated rings. The van der Waals surface area contributed by atoms with Crippen molar-refractivity contribution >= 4 is 50.8 Å². The Morgan fingerprint density at radius 3 is 2.44 bits per heavy atom. The zero-order valence-electron chi connectivity index (χ0n) is 17.5. The van der Waals surface area contributed by atoms with Gasteiger partial charge in [0.25, 0.3) is 5.91 Å². The van der Waals surface area contributed by atoms with E-state index in [4.69, 9.17) is 11.6 Å². The molecule has 8 heteroatoms. The molecule has 4 aromatic rings. The number of aromatic nitrogens is 2. The van der Waals surface area contributed by atoms with Crippen molar-refractivity contribution in [3.8, 4) is 10.6 Å². The van der Waals surface area contributed by atoms with Gasteiger partial charge >= 0.3 is 0 Å². The molecule has 1 unspecified atom stereocenters. The smallest absolute Gasteiger partial charge is 0.253 e. The summed E-state index contributed by atoms with van der Waals surface area (Å²) >= 11 is 7.70. The molecule has 0 spiro atoms. The second-order valence-corrected chi connectivity index (χ2v) is 9.02. The SMILES string of the molecule is CC(C)C(NC(=O)c1ccccc1Cl)C(=O)Nc1ccc(-c2nc3ccccc3s2)cn1. The van der Waals surface area contributed by atoms with Gasteiger partial charge in [-0.15, -0.1) is 11.3 Å². The van der Waals surface area contributed by atoms with E-state index in [9.17, 15) is 9.59 Å². The maximum Gasteiger partial charge on any atom is 0.253 e. The summed E-state index contributed by atoms with van der Waals surface area (Å²) in [4.78, 5) is 34.5. The average Bonchev–Trinajstić information content (AvgIpc) is 3.22. The number of nitrogens with zero attached hydrogens (tertiary/aromatic N) is 2. The number of anilines is 1. The number of carbonyl (C=O) groups is 2. The number of hydrogen-bond donors (Lipinski definition) is 2. The standard InChI is InChI=1S/C24H21ClN4O2S/c1-14(2)21(29-22(30)16-7-3-4-8-17(16)25)23(31)28-20-12-11-15(13-26-20)24-27-18-9-5-6-10-19(18)32-24/h3-14,21H,1-2H3,(H,29,30)(H,26,28,31). The highest BCUT2D eigenvalue weighted by molar-refractivity contribution is 7.21. The molecule has 0 saturated heterocycles. The van der Waals surface area contributed by atoms with Crippen LogP contribution in [0.4, 0.5) is 5.82 Å². The molecule has 1 atom stereocenters. The van der Waals surface area contributed by atoms with Gasteiger partial charge in [-0.05, 0) is 42.3 Å². The van der Waals surface area contributed by atoms with E-state index in [1.165, 1.54) is 0 Å². The predicted molar refractivity (Wildman–Crippen MR) is 129 cm³/mol. The third kappa shape index (κ3) is 4.79. The maximum atomic E-state index is 12.9. The van der Waals surface area contributed by atoms with Crippen LogP contribution < -0.4 is 10.6 Å². The Hall–Kier alpha value is -3.29. The normalized spacial score (nSPS) is 12.0. The van der Waals surface area contributed by atoms with Crippen LogP contribution in [0.2, 0.25) is 5.02 Å². The van der Waals surface area contributed by atoms with Crippen LogP contribution in [0.5, 0.6) is 0 Å². The summed E-state index contributed by atoms with van der Waals surface area (Å²) < 4.78 is 1.11. The van der Waals surface area contributed by atoms with Crippen LogP contribution in [0, 0.1) is 5.92 Å². The Labute approximate surface area is 194 Å². The minimum atomic E-state index is -0.746. The molecular formula is C24H21ClN4O2S. The van der Waals surface area contributed by atoms with E-state index in [2.05, 4.69) is 20.6 Å². The largest absolute Gasteiger partial charge is 0.340 e. The lowest BCUT2D eigenvalue weighted by atomic mass is 10.0. The lowest BCUT2D eigenvalue weighted by Crippen LogP contribution is -2.47. The van der Waals surface area contributed by atoms with E-state index in [1.54, 1.807) is 47.9 Å². The van der Waals surface area contributed by atoms with Crippen LogP contribution in [0.15, 0.2) is 66.9 Å². The number of benzene rings is 2. The molecule has 6 nitrogen and oxygen atoms in total. The zero-order valence-corrected chi connectivity index (χ0v) is 19.1. The van der Waals surface area contributed by atoms with Crippen molar-refractivity contribution in [3.05, 3.63) is 77.4 Å². The second-order valence-electron chi connectivity index (χ2n) is 7.58. The highest BCUT2D eigenvalue weighted by Gasteiger charge is 2.25. The third-order valence-electron chi connectivity index (χ3n) is 4.91. The van der Waals surface area contributed by atoms with E-state index in [1.807, 2.05) is 44.2 Å². The number of thiazole rings is 1. The number of hydrogen-bond acceptors (Lipinski definition) is 5. The summed E-state index contributed by atoms with van der Waals surface area (Å²) in [7, 11) is 0. The minimum Gasteiger partial charge on any atom is -0.340 e. The Kier molecular flexibility index (Phi) is 6.48. The topological polar surface area (TPSA) is 84.0 Å². The van der Waals surface area contributed by atoms with Gasteiger partial charge in [-0.1, -0.05) is 49.7 Å². The lowest BCUT2D eigenvalue weighted by molar-refractivity contribution is -0.118. The Morgan fingerprint density at radius 1 is 1.00 bits per heavy atom. The van der Waals surface area contributed by atoms with Crippen molar-refractivity contribution in [2.24, 2.45) is 5.92 Å². The van der Waals surface area contributed by atoms with Crippen LogP contribution in [-0.4, -0.2) is 27.8 Å². The van der Waals surface area contributed by atoms with E-state index >= 15 is 0 Å². The molecule has 4 rings (SSSR count). The van der Waals surface area contributed by atoms with Gasteiger partial charge in [-0.3, -0.25) is 9.59 Å². The van der Waals surface area contributed by atoms with Crippen LogP contribution in [0.25, 0.3) is 20.8 Å². The number of para-hydroxylation sites is 1. The van der Waals surface area contributed by atoms with Gasteiger partial charge in [0.2, 0.25) is 5.91 Å². The maximum absolute atomic E-state index is 12.9. The van der Waals surface area contributed by atoms with Gasteiger partial charge in [0, 0.05) is 11.8 Å². The molecule has 0 aliphatic rings. The average molecular weight is 465 g/mol. The van der Waals surface area contributed by atoms with Gasteiger partial charge < -0.3 is 10.6 Å². The fraction of sp³-hybridized carbons (Fsp3) is 0.167. The molecule has 0 bridgehead atoms. The molecule has 2 aromatic carbocycles. The van der Waals surface area contributed by atoms with Crippen LogP contribution in [-0.2, 0) is 4.79 Å². The first-order valence-corrected chi connectivity index (χ1v) is 11.3. The summed E-state index contributed by atoms with van der Waals surface area (Å²) in [6, 6.07) is 17.5. The number of halogens is 1. The van der Waals surface area contributed by atoms with Gasteiger partial charge in [-0.2, -0.15) is 0 Å². The van der Waals surface area contributed by atoms with Crippen LogP contribution >= 0.6 is 22.9 Å². The van der Waals surface area contributed by atoms with E-state index < -0.39 is 11.9 Å². The number of pyridine rings is 1. The first-order chi connectivity index (χ1) is 15.4. The van der Waals surface area contributed by atoms with Crippen molar-refractivity contribution in [3.63, 3.8) is 0 Å². The van der Waals surface area contributed by atoms with Crippen molar-refractivity contribution in [2.75, 3.05) is 5.32 Å². The fourth-order valence-corrected chi connectivity index (χ4v) is 4.37. The zero-order chi connectivity index (χ0) is 22.7. The summed E-state index contributed by atoms with van der Waals surface area (Å²) in [5, 5.41) is 6.76. The minimum absolute atomic E-state index is 0.136. The van der Waals surface area contributed by atoms with Gasteiger partial charge in [0.15, 0.2) is 0 Å². The van der Waals surface area contributed by atoms with Gasteiger partial charge in [0.1, 0.15) is 16.9 Å². The van der Waals surface area contributed by atoms with Crippen LogP contribution in [0.1, 0.15) is 24.2 Å². The summed E-state index contributed by atoms with van der Waals surface area (Å²) in [6.45, 7) is 3.72. The van der Waals surface area contributed by atoms with Crippen molar-refractivity contribution in [1.29, 1.82) is 0 Å². The Balaban J connectivity index is 1.46. The number of amides is 2. The molecule has 2 aromatic heterocycles. The van der Waals surface area contributed by atoms with Crippen molar-refractivity contribution in [2.45, 2.75) is 19.9 Å². The molecule has 0 radical (unpaired) electrons. The second kappa shape index (κ2) is 9.46. The van der Waals surface area contributed by atoms with Crippen molar-refractivity contribution in [1.82, 2.24) is 15.3 Å². The molecule has 162 valence electrons. The fourth-order valence-electron chi connectivity index (χ4n) is 3.19. The highest BCUT2D eigenvalue weighted by atomic mass is 35.5. The predicted octanol–water partition coefficient (Wildman–Crippen LogP) is 5.40. The van der Waals surface area contributed by atoms with Crippen LogP contribution in [0.3, 0.4) is 0 Å². The summed E-state index contributed by atoms with van der Waals surface area (Å²) in [5.41, 5.74) is 2.14. The molecule has 2 N–H and O–H groups in total. The Morgan fingerprint density at radius 2 is 1.75 bits per heavy atom. The third-order valence-corrected chi connectivity index (χ3v) is 6.32. The van der Waals surface area contributed by atoms with Gasteiger partial charge in [0.05, 0.1) is 20.8 Å². The van der Waals surface area contributed by atoms with Crippen molar-refractivity contribution < 1.29 is 9.59 Å². The quantitative estimate of drug-likeness (QED) is 0.400. The number of carbonyl (C=O) groups excluding carboxylic acids is 2.